The van der Waals surface area contributed by atoms with E-state index in [-0.39, 0.29) is 0 Å². The lowest BCUT2D eigenvalue weighted by molar-refractivity contribution is 0.904. The summed E-state index contributed by atoms with van der Waals surface area (Å²) >= 11 is 1.59. The maximum atomic E-state index is 9.82. The summed E-state index contributed by atoms with van der Waals surface area (Å²) in [7, 11) is 0. The lowest BCUT2D eigenvalue weighted by Crippen LogP contribution is -2.06. The number of pyridine rings is 1. The van der Waals surface area contributed by atoms with E-state index in [0.29, 0.717) is 11.5 Å². The maximum Gasteiger partial charge on any atom is 0.160 e. The first-order valence-corrected chi connectivity index (χ1v) is 9.86. The predicted molar refractivity (Wildman–Crippen MR) is 114 cm³/mol. The van der Waals surface area contributed by atoms with Crippen LogP contribution in [-0.2, 0) is 0 Å². The number of nitrogens with one attached hydrogen (secondary N) is 1. The normalized spacial score (nSPS) is 12.0. The molecule has 29 heavy (non-hydrogen) atoms. The van der Waals surface area contributed by atoms with Crippen LogP contribution < -0.4 is 5.32 Å². The number of hydrogen-bond acceptors (Lipinski definition) is 7. The second-order valence-electron chi connectivity index (χ2n) is 6.48. The van der Waals surface area contributed by atoms with Crippen LogP contribution in [0.2, 0.25) is 0 Å². The SMILES string of the molecule is N#CC(c1ccncc1)c1nnc(Nc2ccc3ncsc3c2)c2ccccc12. The average molecular weight is 394 g/mol. The Kier molecular flexibility index (Phi) is 4.31. The number of fused-ring (bicyclic) bond motifs is 2. The molecule has 2 aromatic carbocycles. The Hall–Kier alpha value is -3.89. The zero-order valence-electron chi connectivity index (χ0n) is 15.1. The molecule has 7 heteroatoms. The van der Waals surface area contributed by atoms with Gasteiger partial charge in [-0.2, -0.15) is 10.4 Å². The van der Waals surface area contributed by atoms with E-state index in [2.05, 4.69) is 31.6 Å². The van der Waals surface area contributed by atoms with Gasteiger partial charge >= 0.3 is 0 Å². The number of thiazole rings is 1. The number of hydrogen-bond donors (Lipinski definition) is 1. The fourth-order valence-corrected chi connectivity index (χ4v) is 4.07. The molecule has 0 spiro atoms. The summed E-state index contributed by atoms with van der Waals surface area (Å²) in [5, 5.41) is 23.9. The predicted octanol–water partition coefficient (Wildman–Crippen LogP) is 5.03. The summed E-state index contributed by atoms with van der Waals surface area (Å²) in [5.41, 5.74) is 5.21. The van der Waals surface area contributed by atoms with E-state index in [9.17, 15) is 5.26 Å². The van der Waals surface area contributed by atoms with Crippen LogP contribution in [0.3, 0.4) is 0 Å². The molecular formula is C22H14N6S. The van der Waals surface area contributed by atoms with Crippen molar-refractivity contribution in [3.63, 3.8) is 0 Å². The van der Waals surface area contributed by atoms with Crippen molar-refractivity contribution in [3.8, 4) is 6.07 Å². The zero-order chi connectivity index (χ0) is 19.6. The number of aromatic nitrogens is 4. The van der Waals surface area contributed by atoms with E-state index in [4.69, 9.17) is 0 Å². The highest BCUT2D eigenvalue weighted by atomic mass is 32.1. The van der Waals surface area contributed by atoms with Gasteiger partial charge in [0.2, 0.25) is 0 Å². The second-order valence-corrected chi connectivity index (χ2v) is 7.37. The number of benzene rings is 2. The first-order chi connectivity index (χ1) is 14.3. The molecule has 3 aromatic heterocycles. The van der Waals surface area contributed by atoms with Gasteiger partial charge in [0, 0.05) is 28.9 Å². The highest BCUT2D eigenvalue weighted by Crippen LogP contribution is 2.32. The number of nitriles is 1. The van der Waals surface area contributed by atoms with Gasteiger partial charge in [0.25, 0.3) is 0 Å². The van der Waals surface area contributed by atoms with Crippen molar-refractivity contribution in [3.05, 3.63) is 83.8 Å². The van der Waals surface area contributed by atoms with Crippen LogP contribution in [0.5, 0.6) is 0 Å². The van der Waals surface area contributed by atoms with Crippen LogP contribution in [0, 0.1) is 11.3 Å². The third-order valence-corrected chi connectivity index (χ3v) is 5.54. The van der Waals surface area contributed by atoms with Gasteiger partial charge in [-0.15, -0.1) is 16.4 Å². The van der Waals surface area contributed by atoms with Gasteiger partial charge in [0.15, 0.2) is 5.82 Å². The molecule has 5 rings (SSSR count). The highest BCUT2D eigenvalue weighted by Gasteiger charge is 2.20. The lowest BCUT2D eigenvalue weighted by atomic mass is 9.94. The molecule has 1 N–H and O–H groups in total. The topological polar surface area (TPSA) is 87.4 Å². The van der Waals surface area contributed by atoms with Crippen molar-refractivity contribution < 1.29 is 0 Å². The van der Waals surface area contributed by atoms with Crippen molar-refractivity contribution in [1.29, 1.82) is 5.26 Å². The number of rotatable bonds is 4. The number of anilines is 2. The van der Waals surface area contributed by atoms with Crippen molar-refractivity contribution >= 4 is 43.8 Å². The van der Waals surface area contributed by atoms with Crippen molar-refractivity contribution in [2.75, 3.05) is 5.32 Å². The zero-order valence-corrected chi connectivity index (χ0v) is 16.0. The van der Waals surface area contributed by atoms with E-state index in [0.717, 1.165) is 32.2 Å². The van der Waals surface area contributed by atoms with E-state index < -0.39 is 5.92 Å². The first-order valence-electron chi connectivity index (χ1n) is 8.98. The van der Waals surface area contributed by atoms with Crippen molar-refractivity contribution in [2.24, 2.45) is 0 Å². The van der Waals surface area contributed by atoms with Crippen molar-refractivity contribution in [2.45, 2.75) is 5.92 Å². The van der Waals surface area contributed by atoms with Gasteiger partial charge in [0.1, 0.15) is 5.92 Å². The van der Waals surface area contributed by atoms with Crippen LogP contribution in [0.1, 0.15) is 17.2 Å². The van der Waals surface area contributed by atoms with E-state index >= 15 is 0 Å². The molecular weight excluding hydrogens is 380 g/mol. The molecule has 0 bridgehead atoms. The van der Waals surface area contributed by atoms with Gasteiger partial charge in [0.05, 0.1) is 27.5 Å². The molecule has 138 valence electrons. The Morgan fingerprint density at radius 3 is 2.62 bits per heavy atom. The Labute approximate surface area is 170 Å². The second kappa shape index (κ2) is 7.26. The summed E-state index contributed by atoms with van der Waals surface area (Å²) in [6, 6.07) is 19.9. The molecule has 3 heterocycles. The summed E-state index contributed by atoms with van der Waals surface area (Å²) in [5.74, 6) is 0.137. The van der Waals surface area contributed by atoms with Gasteiger partial charge in [-0.3, -0.25) is 4.98 Å². The van der Waals surface area contributed by atoms with Crippen LogP contribution in [0.25, 0.3) is 21.0 Å². The molecule has 0 aliphatic rings. The largest absolute Gasteiger partial charge is 0.338 e. The standard InChI is InChI=1S/C22H14N6S/c23-12-18(14-7-9-24-10-8-14)21-16-3-1-2-4-17(16)22(28-27-21)26-15-5-6-19-20(11-15)29-13-25-19/h1-11,13,18H,(H,26,28). The minimum absolute atomic E-state index is 0.516. The molecule has 1 atom stereocenters. The van der Waals surface area contributed by atoms with Crippen LogP contribution in [-0.4, -0.2) is 20.2 Å². The molecule has 0 aliphatic heterocycles. The fourth-order valence-electron chi connectivity index (χ4n) is 3.35. The molecule has 1 unspecified atom stereocenters. The minimum atomic E-state index is -0.516. The van der Waals surface area contributed by atoms with Gasteiger partial charge in [-0.25, -0.2) is 4.98 Å². The summed E-state index contributed by atoms with van der Waals surface area (Å²) in [6.45, 7) is 0. The Bertz CT molecular complexity index is 1360. The Morgan fingerprint density at radius 2 is 1.79 bits per heavy atom. The first kappa shape index (κ1) is 17.2. The maximum absolute atomic E-state index is 9.82. The quantitative estimate of drug-likeness (QED) is 0.460. The summed E-state index contributed by atoms with van der Waals surface area (Å²) in [6.07, 6.45) is 3.36. The monoisotopic (exact) mass is 394 g/mol. The van der Waals surface area contributed by atoms with E-state index in [1.54, 1.807) is 23.7 Å². The molecule has 0 radical (unpaired) electrons. The third kappa shape index (κ3) is 3.16. The highest BCUT2D eigenvalue weighted by molar-refractivity contribution is 7.16. The Balaban J connectivity index is 1.60. The molecule has 0 amide bonds. The summed E-state index contributed by atoms with van der Waals surface area (Å²) < 4.78 is 1.10. The number of nitrogens with zero attached hydrogens (tertiary/aromatic N) is 5. The van der Waals surface area contributed by atoms with Gasteiger partial charge in [-0.1, -0.05) is 24.3 Å². The van der Waals surface area contributed by atoms with Gasteiger partial charge < -0.3 is 5.32 Å². The van der Waals surface area contributed by atoms with Crippen LogP contribution in [0.4, 0.5) is 11.5 Å². The van der Waals surface area contributed by atoms with E-state index in [1.165, 1.54) is 0 Å². The summed E-state index contributed by atoms with van der Waals surface area (Å²) in [4.78, 5) is 8.35. The van der Waals surface area contributed by atoms with Crippen LogP contribution >= 0.6 is 11.3 Å². The Morgan fingerprint density at radius 1 is 0.966 bits per heavy atom. The molecule has 0 fully saturated rings. The average Bonchev–Trinajstić information content (AvgIpc) is 3.24. The minimum Gasteiger partial charge on any atom is -0.338 e. The van der Waals surface area contributed by atoms with Gasteiger partial charge in [-0.05, 0) is 35.9 Å². The molecule has 0 aliphatic carbocycles. The van der Waals surface area contributed by atoms with Crippen molar-refractivity contribution in [1.82, 2.24) is 20.2 Å². The van der Waals surface area contributed by atoms with E-state index in [1.807, 2.05) is 60.1 Å². The third-order valence-electron chi connectivity index (χ3n) is 4.75. The smallest absolute Gasteiger partial charge is 0.160 e. The molecule has 0 saturated carbocycles. The molecule has 5 aromatic rings. The fraction of sp³-hybridized carbons (Fsp3) is 0.0455. The lowest BCUT2D eigenvalue weighted by Gasteiger charge is -2.14. The molecule has 0 saturated heterocycles. The van der Waals surface area contributed by atoms with Crippen LogP contribution in [0.15, 0.2) is 72.5 Å². The molecule has 6 nitrogen and oxygen atoms in total.